The van der Waals surface area contributed by atoms with E-state index in [1.165, 1.54) is 0 Å². The van der Waals surface area contributed by atoms with Gasteiger partial charge >= 0.3 is 11.7 Å². The van der Waals surface area contributed by atoms with Crippen molar-refractivity contribution in [3.63, 3.8) is 0 Å². The molecule has 0 saturated carbocycles. The van der Waals surface area contributed by atoms with Gasteiger partial charge in [-0.2, -0.15) is 0 Å². The van der Waals surface area contributed by atoms with E-state index >= 15 is 0 Å². The van der Waals surface area contributed by atoms with Gasteiger partial charge in [0.1, 0.15) is 11.3 Å². The Kier molecular flexibility index (Phi) is 4.18. The molecule has 2 aromatic heterocycles. The highest BCUT2D eigenvalue weighted by molar-refractivity contribution is 6.07. The second-order valence-electron chi connectivity index (χ2n) is 5.83. The van der Waals surface area contributed by atoms with E-state index in [-0.39, 0.29) is 0 Å². The van der Waals surface area contributed by atoms with E-state index in [4.69, 9.17) is 9.15 Å². The number of urea groups is 1. The molecule has 0 spiro atoms. The number of pyridine rings is 1. The smallest absolute Gasteiger partial charge is 0.344 e. The highest BCUT2D eigenvalue weighted by Gasteiger charge is 2.10. The fourth-order valence-electron chi connectivity index (χ4n) is 2.84. The summed E-state index contributed by atoms with van der Waals surface area (Å²) in [5, 5.41) is 7.29. The Morgan fingerprint density at radius 1 is 1.00 bits per heavy atom. The number of aromatic nitrogens is 1. The van der Waals surface area contributed by atoms with Crippen LogP contribution >= 0.6 is 0 Å². The van der Waals surface area contributed by atoms with E-state index in [1.54, 1.807) is 68.0 Å². The van der Waals surface area contributed by atoms with Crippen LogP contribution in [-0.2, 0) is 0 Å². The summed E-state index contributed by atoms with van der Waals surface area (Å²) in [6, 6.07) is 13.3. The first kappa shape index (κ1) is 16.6. The minimum Gasteiger partial charge on any atom is -0.497 e. The van der Waals surface area contributed by atoms with Crippen molar-refractivity contribution in [3.05, 3.63) is 71.3 Å². The average molecular weight is 361 g/mol. The molecule has 4 rings (SSSR count). The number of hydrogen-bond acceptors (Lipinski definition) is 5. The number of hydrogen-bond donors (Lipinski definition) is 2. The van der Waals surface area contributed by atoms with Crippen LogP contribution in [0.1, 0.15) is 0 Å². The summed E-state index contributed by atoms with van der Waals surface area (Å²) in [6.07, 6.45) is 3.17. The number of nitrogens with zero attached hydrogens (tertiary/aromatic N) is 1. The molecule has 27 heavy (non-hydrogen) atoms. The number of rotatable bonds is 3. The summed E-state index contributed by atoms with van der Waals surface area (Å²) in [5.74, 6) is 0.627. The molecule has 0 atom stereocenters. The van der Waals surface area contributed by atoms with Gasteiger partial charge in [-0.1, -0.05) is 0 Å². The largest absolute Gasteiger partial charge is 0.497 e. The SMILES string of the molecule is COc1ccc2c(=O)oc3ccc(NC(=O)Nc4cccnc4)cc3c2c1. The number of methoxy groups -OCH3 is 1. The van der Waals surface area contributed by atoms with E-state index in [0.29, 0.717) is 38.9 Å². The highest BCUT2D eigenvalue weighted by atomic mass is 16.5. The van der Waals surface area contributed by atoms with Crippen molar-refractivity contribution in [2.24, 2.45) is 0 Å². The summed E-state index contributed by atoms with van der Waals surface area (Å²) >= 11 is 0. The molecule has 0 saturated heterocycles. The number of nitrogens with one attached hydrogen (secondary N) is 2. The minimum atomic E-state index is -0.421. The van der Waals surface area contributed by atoms with Crippen molar-refractivity contribution in [2.75, 3.05) is 17.7 Å². The van der Waals surface area contributed by atoms with Gasteiger partial charge in [-0.05, 0) is 48.5 Å². The fourth-order valence-corrected chi connectivity index (χ4v) is 2.84. The lowest BCUT2D eigenvalue weighted by Gasteiger charge is -2.09. The Balaban J connectivity index is 1.72. The van der Waals surface area contributed by atoms with Crippen molar-refractivity contribution in [1.29, 1.82) is 0 Å². The first-order chi connectivity index (χ1) is 13.1. The van der Waals surface area contributed by atoms with Crippen molar-refractivity contribution in [1.82, 2.24) is 4.98 Å². The highest BCUT2D eigenvalue weighted by Crippen LogP contribution is 2.28. The predicted octanol–water partition coefficient (Wildman–Crippen LogP) is 3.99. The number of ether oxygens (including phenoxy) is 1. The minimum absolute atomic E-state index is 0.401. The summed E-state index contributed by atoms with van der Waals surface area (Å²) in [6.45, 7) is 0. The van der Waals surface area contributed by atoms with Gasteiger partial charge in [0, 0.05) is 22.7 Å². The normalized spacial score (nSPS) is 10.7. The van der Waals surface area contributed by atoms with Crippen LogP contribution < -0.4 is 21.0 Å². The van der Waals surface area contributed by atoms with Crippen LogP contribution in [0.15, 0.2) is 70.1 Å². The molecule has 0 radical (unpaired) electrons. The van der Waals surface area contributed by atoms with Gasteiger partial charge < -0.3 is 19.8 Å². The van der Waals surface area contributed by atoms with Gasteiger partial charge in [0.2, 0.25) is 0 Å². The average Bonchev–Trinajstić information content (AvgIpc) is 2.69. The van der Waals surface area contributed by atoms with Gasteiger partial charge in [-0.15, -0.1) is 0 Å². The lowest BCUT2D eigenvalue weighted by Crippen LogP contribution is -2.19. The number of benzene rings is 2. The standard InChI is InChI=1S/C20H15N3O4/c1-26-14-5-6-15-16(10-14)17-9-12(4-7-18(17)27-19(15)24)22-20(25)23-13-3-2-8-21-11-13/h2-11H,1H3,(H2,22,23,25). The maximum absolute atomic E-state index is 12.2. The molecule has 2 N–H and O–H groups in total. The molecule has 0 fully saturated rings. The Labute approximate surface area is 153 Å². The quantitative estimate of drug-likeness (QED) is 0.425. The van der Waals surface area contributed by atoms with E-state index in [9.17, 15) is 9.59 Å². The van der Waals surface area contributed by atoms with Gasteiger partial charge in [-0.25, -0.2) is 9.59 Å². The zero-order valence-electron chi connectivity index (χ0n) is 14.4. The number of amides is 2. The van der Waals surface area contributed by atoms with Gasteiger partial charge in [0.25, 0.3) is 0 Å². The molecule has 0 aliphatic heterocycles. The second-order valence-corrected chi connectivity index (χ2v) is 5.83. The molecule has 0 unspecified atom stereocenters. The number of anilines is 2. The third-order valence-corrected chi connectivity index (χ3v) is 4.10. The van der Waals surface area contributed by atoms with Crippen LogP contribution in [0.3, 0.4) is 0 Å². The summed E-state index contributed by atoms with van der Waals surface area (Å²) in [5.41, 5.74) is 1.15. The van der Waals surface area contributed by atoms with Crippen molar-refractivity contribution < 1.29 is 13.9 Å². The zero-order chi connectivity index (χ0) is 18.8. The number of fused-ring (bicyclic) bond motifs is 3. The fraction of sp³-hybridized carbons (Fsp3) is 0.0500. The first-order valence-corrected chi connectivity index (χ1v) is 8.17. The molecule has 0 aliphatic carbocycles. The molecule has 2 heterocycles. The van der Waals surface area contributed by atoms with Crippen LogP contribution in [0.25, 0.3) is 21.7 Å². The molecule has 2 aromatic carbocycles. The number of carbonyl (C=O) groups excluding carboxylic acids is 1. The van der Waals surface area contributed by atoms with Crippen LogP contribution in [-0.4, -0.2) is 18.1 Å². The molecule has 2 amide bonds. The Morgan fingerprint density at radius 3 is 2.63 bits per heavy atom. The van der Waals surface area contributed by atoms with Crippen LogP contribution in [0.4, 0.5) is 16.2 Å². The van der Waals surface area contributed by atoms with Crippen molar-refractivity contribution in [2.45, 2.75) is 0 Å². The maximum atomic E-state index is 12.2. The monoisotopic (exact) mass is 361 g/mol. The topological polar surface area (TPSA) is 93.5 Å². The molecule has 7 nitrogen and oxygen atoms in total. The lowest BCUT2D eigenvalue weighted by molar-refractivity contribution is 0.262. The summed E-state index contributed by atoms with van der Waals surface area (Å²) in [4.78, 5) is 28.3. The van der Waals surface area contributed by atoms with Gasteiger partial charge in [-0.3, -0.25) is 4.98 Å². The van der Waals surface area contributed by atoms with Gasteiger partial charge in [0.15, 0.2) is 0 Å². The van der Waals surface area contributed by atoms with E-state index in [2.05, 4.69) is 15.6 Å². The van der Waals surface area contributed by atoms with Crippen molar-refractivity contribution in [3.8, 4) is 5.75 Å². The molecule has 134 valence electrons. The first-order valence-electron chi connectivity index (χ1n) is 8.17. The van der Waals surface area contributed by atoms with E-state index in [1.807, 2.05) is 0 Å². The summed E-state index contributed by atoms with van der Waals surface area (Å²) in [7, 11) is 1.56. The Hall–Kier alpha value is -3.87. The molecule has 0 bridgehead atoms. The summed E-state index contributed by atoms with van der Waals surface area (Å²) < 4.78 is 10.6. The predicted molar refractivity (Wildman–Crippen MR) is 103 cm³/mol. The zero-order valence-corrected chi connectivity index (χ0v) is 14.4. The molecule has 4 aromatic rings. The molecule has 7 heteroatoms. The molecular formula is C20H15N3O4. The molecule has 0 aliphatic rings. The van der Waals surface area contributed by atoms with Crippen LogP contribution in [0, 0.1) is 0 Å². The Bertz CT molecular complexity index is 1200. The third-order valence-electron chi connectivity index (χ3n) is 4.10. The van der Waals surface area contributed by atoms with Crippen LogP contribution in [0.2, 0.25) is 0 Å². The van der Waals surface area contributed by atoms with Crippen molar-refractivity contribution >= 4 is 39.1 Å². The Morgan fingerprint density at radius 2 is 1.85 bits per heavy atom. The number of carbonyl (C=O) groups is 1. The second kappa shape index (κ2) is 6.80. The van der Waals surface area contributed by atoms with Crippen LogP contribution in [0.5, 0.6) is 5.75 Å². The van der Waals surface area contributed by atoms with E-state index < -0.39 is 11.7 Å². The maximum Gasteiger partial charge on any atom is 0.344 e. The third kappa shape index (κ3) is 3.30. The lowest BCUT2D eigenvalue weighted by atomic mass is 10.1. The van der Waals surface area contributed by atoms with E-state index in [0.717, 1.165) is 0 Å². The molecular weight excluding hydrogens is 346 g/mol. The van der Waals surface area contributed by atoms with Gasteiger partial charge in [0.05, 0.1) is 24.4 Å².